The number of rotatable bonds is 2. The minimum Gasteiger partial charge on any atom is -0.355 e. The van der Waals surface area contributed by atoms with Gasteiger partial charge in [0, 0.05) is 11.1 Å². The Morgan fingerprint density at radius 1 is 1.21 bits per heavy atom. The van der Waals surface area contributed by atoms with Crippen molar-refractivity contribution >= 4 is 34.1 Å². The van der Waals surface area contributed by atoms with Crippen molar-refractivity contribution in [3.8, 4) is 11.3 Å². The minimum atomic E-state index is -1.25. The molecule has 8 heteroatoms. The van der Waals surface area contributed by atoms with Gasteiger partial charge in [-0.15, -0.1) is 0 Å². The summed E-state index contributed by atoms with van der Waals surface area (Å²) in [5.74, 6) is 0.490. The monoisotopic (exact) mass is 359 g/mol. The Hall–Kier alpha value is -2.51. The molecule has 1 aromatic carbocycles. The molecule has 3 heterocycles. The van der Waals surface area contributed by atoms with Crippen molar-refractivity contribution in [3.63, 3.8) is 0 Å². The van der Waals surface area contributed by atoms with Crippen LogP contribution in [-0.4, -0.2) is 20.3 Å². The highest BCUT2D eigenvalue weighted by Crippen LogP contribution is 2.37. The smallest absolute Gasteiger partial charge is 0.279 e. The van der Waals surface area contributed by atoms with Gasteiger partial charge in [-0.05, 0) is 24.3 Å². The lowest BCUT2D eigenvalue weighted by Gasteiger charge is -2.13. The SMILES string of the molecule is O=C(Nc1cccc(Cl)n1)c1noc2c1CS(=O)c1ccccc1-2. The van der Waals surface area contributed by atoms with Crippen molar-refractivity contribution in [2.24, 2.45) is 0 Å². The van der Waals surface area contributed by atoms with Gasteiger partial charge in [0.25, 0.3) is 5.91 Å². The van der Waals surface area contributed by atoms with Crippen LogP contribution in [0.15, 0.2) is 51.9 Å². The number of amides is 1. The third-order valence-corrected chi connectivity index (χ3v) is 5.22. The van der Waals surface area contributed by atoms with Gasteiger partial charge in [-0.1, -0.05) is 35.0 Å². The maximum atomic E-state index is 12.5. The molecule has 0 radical (unpaired) electrons. The van der Waals surface area contributed by atoms with Crippen LogP contribution in [0.4, 0.5) is 5.82 Å². The zero-order valence-electron chi connectivity index (χ0n) is 12.2. The quantitative estimate of drug-likeness (QED) is 0.710. The Kier molecular flexibility index (Phi) is 3.66. The standard InChI is InChI=1S/C16H10ClN3O3S/c17-12-6-3-7-13(18-12)19-16(21)14-10-8-24(22)11-5-2-1-4-9(11)15(10)23-20-14/h1-7H,8H2,(H,18,19,21). The molecule has 3 aromatic rings. The van der Waals surface area contributed by atoms with E-state index >= 15 is 0 Å². The zero-order chi connectivity index (χ0) is 16.7. The number of hydrogen-bond donors (Lipinski definition) is 1. The van der Waals surface area contributed by atoms with Crippen LogP contribution in [0.2, 0.25) is 5.15 Å². The second kappa shape index (κ2) is 5.85. The maximum Gasteiger partial charge on any atom is 0.279 e. The van der Waals surface area contributed by atoms with Crippen molar-refractivity contribution in [2.75, 3.05) is 5.32 Å². The van der Waals surface area contributed by atoms with Gasteiger partial charge in [-0.25, -0.2) is 4.98 Å². The summed E-state index contributed by atoms with van der Waals surface area (Å²) in [6.07, 6.45) is 0. The van der Waals surface area contributed by atoms with Crippen molar-refractivity contribution in [1.29, 1.82) is 0 Å². The molecule has 1 aliphatic heterocycles. The van der Waals surface area contributed by atoms with Gasteiger partial charge in [-0.3, -0.25) is 9.00 Å². The number of aromatic nitrogens is 2. The molecule has 1 N–H and O–H groups in total. The maximum absolute atomic E-state index is 12.5. The van der Waals surface area contributed by atoms with E-state index in [1.165, 1.54) is 0 Å². The average molecular weight is 360 g/mol. The molecule has 1 aliphatic rings. The van der Waals surface area contributed by atoms with E-state index in [0.717, 1.165) is 0 Å². The second-order valence-electron chi connectivity index (χ2n) is 5.12. The summed E-state index contributed by atoms with van der Waals surface area (Å²) in [6.45, 7) is 0. The summed E-state index contributed by atoms with van der Waals surface area (Å²) in [6, 6.07) is 12.1. The first-order valence-corrected chi connectivity index (χ1v) is 8.73. The molecule has 24 heavy (non-hydrogen) atoms. The molecule has 6 nitrogen and oxygen atoms in total. The van der Waals surface area contributed by atoms with E-state index in [4.69, 9.17) is 16.1 Å². The molecule has 0 bridgehead atoms. The number of nitrogens with zero attached hydrogens (tertiary/aromatic N) is 2. The predicted molar refractivity (Wildman–Crippen MR) is 89.3 cm³/mol. The zero-order valence-corrected chi connectivity index (χ0v) is 13.7. The molecule has 2 aromatic heterocycles. The summed E-state index contributed by atoms with van der Waals surface area (Å²) in [5, 5.41) is 6.75. The van der Waals surface area contributed by atoms with Crippen LogP contribution in [0.1, 0.15) is 16.1 Å². The third-order valence-electron chi connectivity index (χ3n) is 3.61. The number of hydrogen-bond acceptors (Lipinski definition) is 5. The first-order chi connectivity index (χ1) is 11.6. The Morgan fingerprint density at radius 3 is 2.88 bits per heavy atom. The predicted octanol–water partition coefficient (Wildman–Crippen LogP) is 3.26. The lowest BCUT2D eigenvalue weighted by atomic mass is 10.1. The van der Waals surface area contributed by atoms with Crippen molar-refractivity contribution in [3.05, 3.63) is 58.9 Å². The van der Waals surface area contributed by atoms with Crippen LogP contribution in [0, 0.1) is 0 Å². The number of pyridine rings is 1. The molecule has 4 rings (SSSR count). The molecule has 1 atom stereocenters. The third kappa shape index (κ3) is 2.51. The molecule has 0 spiro atoms. The van der Waals surface area contributed by atoms with Gasteiger partial charge in [0.05, 0.1) is 21.4 Å². The van der Waals surface area contributed by atoms with Gasteiger partial charge in [0.2, 0.25) is 0 Å². The molecule has 120 valence electrons. The highest BCUT2D eigenvalue weighted by Gasteiger charge is 2.31. The topological polar surface area (TPSA) is 85.1 Å². The van der Waals surface area contributed by atoms with Gasteiger partial charge < -0.3 is 9.84 Å². The highest BCUT2D eigenvalue weighted by molar-refractivity contribution is 7.84. The van der Waals surface area contributed by atoms with E-state index in [1.54, 1.807) is 30.3 Å². The number of benzene rings is 1. The van der Waals surface area contributed by atoms with E-state index in [2.05, 4.69) is 15.5 Å². The van der Waals surface area contributed by atoms with E-state index in [-0.39, 0.29) is 16.6 Å². The van der Waals surface area contributed by atoms with Crippen molar-refractivity contribution in [2.45, 2.75) is 10.6 Å². The summed E-state index contributed by atoms with van der Waals surface area (Å²) in [5.41, 5.74) is 1.34. The Balaban J connectivity index is 1.71. The van der Waals surface area contributed by atoms with Crippen LogP contribution in [0.3, 0.4) is 0 Å². The fourth-order valence-corrected chi connectivity index (χ4v) is 4.03. The fraction of sp³-hybridized carbons (Fsp3) is 0.0625. The second-order valence-corrected chi connectivity index (χ2v) is 6.93. The summed E-state index contributed by atoms with van der Waals surface area (Å²) in [4.78, 5) is 17.1. The van der Waals surface area contributed by atoms with Crippen LogP contribution >= 0.6 is 11.6 Å². The van der Waals surface area contributed by atoms with E-state index in [1.807, 2.05) is 12.1 Å². The molecule has 0 saturated heterocycles. The minimum absolute atomic E-state index is 0.106. The van der Waals surface area contributed by atoms with E-state index in [0.29, 0.717) is 27.6 Å². The molecule has 0 aliphatic carbocycles. The molecule has 0 saturated carbocycles. The number of carbonyl (C=O) groups is 1. The van der Waals surface area contributed by atoms with Crippen LogP contribution in [0.5, 0.6) is 0 Å². The molecule has 0 fully saturated rings. The van der Waals surface area contributed by atoms with E-state index < -0.39 is 16.7 Å². The largest absolute Gasteiger partial charge is 0.355 e. The highest BCUT2D eigenvalue weighted by atomic mass is 35.5. The Bertz CT molecular complexity index is 986. The normalized spacial score (nSPS) is 15.5. The molecule has 1 unspecified atom stereocenters. The van der Waals surface area contributed by atoms with Gasteiger partial charge >= 0.3 is 0 Å². The summed E-state index contributed by atoms with van der Waals surface area (Å²) < 4.78 is 17.8. The van der Waals surface area contributed by atoms with Gasteiger partial charge in [0.1, 0.15) is 11.0 Å². The molecular weight excluding hydrogens is 350 g/mol. The van der Waals surface area contributed by atoms with Gasteiger partial charge in [-0.2, -0.15) is 0 Å². The lowest BCUT2D eigenvalue weighted by molar-refractivity contribution is 0.101. The number of fused-ring (bicyclic) bond motifs is 3. The number of halogens is 1. The first kappa shape index (κ1) is 15.0. The molecular formula is C16H10ClN3O3S. The first-order valence-electron chi connectivity index (χ1n) is 7.04. The Labute approximate surface area is 144 Å². The average Bonchev–Trinajstić information content (AvgIpc) is 2.99. The van der Waals surface area contributed by atoms with Crippen LogP contribution in [0.25, 0.3) is 11.3 Å². The number of carbonyl (C=O) groups excluding carboxylic acids is 1. The Morgan fingerprint density at radius 2 is 2.04 bits per heavy atom. The lowest BCUT2D eigenvalue weighted by Crippen LogP contribution is -2.17. The number of anilines is 1. The number of nitrogens with one attached hydrogen (secondary N) is 1. The van der Waals surface area contributed by atoms with Crippen LogP contribution in [-0.2, 0) is 16.6 Å². The summed E-state index contributed by atoms with van der Waals surface area (Å²) >= 11 is 5.81. The van der Waals surface area contributed by atoms with Crippen molar-refractivity contribution in [1.82, 2.24) is 10.1 Å². The van der Waals surface area contributed by atoms with Gasteiger partial charge in [0.15, 0.2) is 11.5 Å². The fourth-order valence-electron chi connectivity index (χ4n) is 2.55. The van der Waals surface area contributed by atoms with Crippen LogP contribution < -0.4 is 5.32 Å². The van der Waals surface area contributed by atoms with Crippen molar-refractivity contribution < 1.29 is 13.5 Å². The molecule has 1 amide bonds. The summed E-state index contributed by atoms with van der Waals surface area (Å²) in [7, 11) is -1.25. The van der Waals surface area contributed by atoms with E-state index in [9.17, 15) is 9.00 Å².